The number of fused-ring (bicyclic) bond motifs is 1. The van der Waals surface area contributed by atoms with Crippen LogP contribution in [0.15, 0.2) is 12.3 Å². The summed E-state index contributed by atoms with van der Waals surface area (Å²) in [5.74, 6) is 0. The van der Waals surface area contributed by atoms with Crippen LogP contribution in [-0.4, -0.2) is 15.2 Å². The van der Waals surface area contributed by atoms with Gasteiger partial charge in [0.05, 0.1) is 5.39 Å². The Kier molecular flexibility index (Phi) is 1.72. The van der Waals surface area contributed by atoms with E-state index in [1.807, 2.05) is 6.07 Å². The zero-order valence-corrected chi connectivity index (χ0v) is 8.22. The zero-order chi connectivity index (χ0) is 7.84. The number of halogens is 2. The fraction of sp³-hybridized carbons (Fsp3) is 0. The van der Waals surface area contributed by atoms with Gasteiger partial charge in [-0.25, -0.2) is 4.98 Å². The van der Waals surface area contributed by atoms with Crippen molar-refractivity contribution in [3.63, 3.8) is 0 Å². The van der Waals surface area contributed by atoms with Crippen LogP contribution in [0.25, 0.3) is 11.0 Å². The summed E-state index contributed by atoms with van der Waals surface area (Å²) in [6.45, 7) is 0. The van der Waals surface area contributed by atoms with Gasteiger partial charge in [0, 0.05) is 9.77 Å². The number of hydrogen-bond acceptors (Lipinski definition) is 2. The van der Waals surface area contributed by atoms with Crippen molar-refractivity contribution < 1.29 is 0 Å². The van der Waals surface area contributed by atoms with Crippen molar-refractivity contribution >= 4 is 45.2 Å². The van der Waals surface area contributed by atoms with Gasteiger partial charge in [-0.3, -0.25) is 5.10 Å². The van der Waals surface area contributed by atoms with E-state index < -0.39 is 0 Å². The summed E-state index contributed by atoms with van der Waals surface area (Å²) in [5, 5.41) is 7.94. The lowest BCUT2D eigenvalue weighted by Gasteiger charge is -1.89. The van der Waals surface area contributed by atoms with E-state index in [1.54, 1.807) is 6.20 Å². The van der Waals surface area contributed by atoms with E-state index in [4.69, 9.17) is 11.6 Å². The van der Waals surface area contributed by atoms with Crippen LogP contribution in [0.3, 0.4) is 0 Å². The highest BCUT2D eigenvalue weighted by Gasteiger charge is 2.05. The maximum atomic E-state index is 5.79. The molecular weight excluding hydrogens is 276 g/mol. The molecule has 0 spiro atoms. The van der Waals surface area contributed by atoms with E-state index in [9.17, 15) is 0 Å². The summed E-state index contributed by atoms with van der Waals surface area (Å²) in [6, 6.07) is 1.89. The van der Waals surface area contributed by atoms with Gasteiger partial charge in [0.25, 0.3) is 0 Å². The third-order valence-corrected chi connectivity index (χ3v) is 2.54. The number of nitrogens with one attached hydrogen (secondary N) is 1. The monoisotopic (exact) mass is 279 g/mol. The minimum Gasteiger partial charge on any atom is -0.259 e. The number of pyridine rings is 1. The molecule has 0 atom stereocenters. The van der Waals surface area contributed by atoms with E-state index in [0.29, 0.717) is 5.15 Å². The van der Waals surface area contributed by atoms with Crippen molar-refractivity contribution in [2.24, 2.45) is 0 Å². The molecule has 0 radical (unpaired) electrons. The third-order valence-electron chi connectivity index (χ3n) is 1.37. The number of aromatic amines is 1. The summed E-state index contributed by atoms with van der Waals surface area (Å²) in [5.41, 5.74) is 0.738. The van der Waals surface area contributed by atoms with Gasteiger partial charge in [0.15, 0.2) is 10.8 Å². The molecule has 0 aliphatic rings. The van der Waals surface area contributed by atoms with Crippen LogP contribution in [0.2, 0.25) is 5.15 Å². The molecule has 0 aliphatic heterocycles. The van der Waals surface area contributed by atoms with E-state index in [0.717, 1.165) is 14.6 Å². The number of hydrogen-bond donors (Lipinski definition) is 1. The van der Waals surface area contributed by atoms with Gasteiger partial charge in [0.2, 0.25) is 0 Å². The van der Waals surface area contributed by atoms with Crippen molar-refractivity contribution in [3.8, 4) is 0 Å². The minimum absolute atomic E-state index is 0.484. The predicted octanol–water partition coefficient (Wildman–Crippen LogP) is 2.22. The Morgan fingerprint density at radius 1 is 1.55 bits per heavy atom. The first-order chi connectivity index (χ1) is 5.29. The standard InChI is InChI=1S/C6H3ClIN3/c7-5-4-3(8)1-2-9-6(4)11-10-5/h1-2H,(H,9,10,11). The molecule has 2 heterocycles. The molecule has 0 fully saturated rings. The van der Waals surface area contributed by atoms with Gasteiger partial charge in [-0.2, -0.15) is 5.10 Å². The number of H-pyrrole nitrogens is 1. The Hall–Kier alpha value is -0.360. The third kappa shape index (κ3) is 1.10. The van der Waals surface area contributed by atoms with Crippen molar-refractivity contribution in [1.29, 1.82) is 0 Å². The fourth-order valence-electron chi connectivity index (χ4n) is 0.877. The quantitative estimate of drug-likeness (QED) is 0.751. The lowest BCUT2D eigenvalue weighted by molar-refractivity contribution is 1.10. The molecule has 2 rings (SSSR count). The number of rotatable bonds is 0. The Morgan fingerprint density at radius 3 is 3.09 bits per heavy atom. The Labute approximate surface area is 81.3 Å². The maximum absolute atomic E-state index is 5.79. The molecule has 0 aliphatic carbocycles. The summed E-state index contributed by atoms with van der Waals surface area (Å²) in [4.78, 5) is 4.06. The molecule has 1 N–H and O–H groups in total. The molecule has 5 heteroatoms. The van der Waals surface area contributed by atoms with E-state index in [-0.39, 0.29) is 0 Å². The molecule has 3 nitrogen and oxygen atoms in total. The second kappa shape index (κ2) is 2.60. The second-order valence-corrected chi connectivity index (χ2v) is 3.55. The molecule has 0 amide bonds. The van der Waals surface area contributed by atoms with Crippen LogP contribution in [0.4, 0.5) is 0 Å². The van der Waals surface area contributed by atoms with Crippen molar-refractivity contribution in [2.75, 3.05) is 0 Å². The Bertz CT molecular complexity index is 398. The SMILES string of the molecule is Clc1n[nH]c2nccc(I)c12. The van der Waals surface area contributed by atoms with Crippen LogP contribution in [0.1, 0.15) is 0 Å². The first-order valence-corrected chi connectivity index (χ1v) is 4.39. The van der Waals surface area contributed by atoms with Crippen LogP contribution in [0, 0.1) is 3.57 Å². The summed E-state index contributed by atoms with van der Waals surface area (Å²) < 4.78 is 1.06. The topological polar surface area (TPSA) is 41.6 Å². The average molecular weight is 279 g/mol. The number of aromatic nitrogens is 3. The van der Waals surface area contributed by atoms with Crippen LogP contribution < -0.4 is 0 Å². The van der Waals surface area contributed by atoms with Gasteiger partial charge in [-0.1, -0.05) is 11.6 Å². The van der Waals surface area contributed by atoms with Gasteiger partial charge in [-0.15, -0.1) is 0 Å². The largest absolute Gasteiger partial charge is 0.259 e. The normalized spacial score (nSPS) is 10.7. The molecule has 2 aromatic heterocycles. The fourth-order valence-corrected chi connectivity index (χ4v) is 1.94. The zero-order valence-electron chi connectivity index (χ0n) is 5.31. The van der Waals surface area contributed by atoms with Crippen molar-refractivity contribution in [3.05, 3.63) is 21.0 Å². The van der Waals surface area contributed by atoms with Crippen LogP contribution >= 0.6 is 34.2 Å². The van der Waals surface area contributed by atoms with E-state index >= 15 is 0 Å². The smallest absolute Gasteiger partial charge is 0.161 e. The number of nitrogens with zero attached hydrogens (tertiary/aromatic N) is 2. The summed E-state index contributed by atoms with van der Waals surface area (Å²) >= 11 is 7.99. The van der Waals surface area contributed by atoms with Gasteiger partial charge in [-0.05, 0) is 28.7 Å². The molecule has 0 saturated heterocycles. The molecule has 2 aromatic rings. The molecule has 56 valence electrons. The second-order valence-electron chi connectivity index (χ2n) is 2.03. The Balaban J connectivity index is 2.96. The lowest BCUT2D eigenvalue weighted by atomic mass is 10.4. The molecule has 0 saturated carbocycles. The lowest BCUT2D eigenvalue weighted by Crippen LogP contribution is -1.77. The van der Waals surface area contributed by atoms with Gasteiger partial charge in [0.1, 0.15) is 0 Å². The van der Waals surface area contributed by atoms with E-state index in [1.165, 1.54) is 0 Å². The molecule has 0 aromatic carbocycles. The summed E-state index contributed by atoms with van der Waals surface area (Å²) in [6.07, 6.45) is 1.72. The molecule has 11 heavy (non-hydrogen) atoms. The van der Waals surface area contributed by atoms with Crippen LogP contribution in [0.5, 0.6) is 0 Å². The van der Waals surface area contributed by atoms with Gasteiger partial charge >= 0.3 is 0 Å². The molecule has 0 bridgehead atoms. The summed E-state index contributed by atoms with van der Waals surface area (Å²) in [7, 11) is 0. The van der Waals surface area contributed by atoms with Crippen molar-refractivity contribution in [1.82, 2.24) is 15.2 Å². The Morgan fingerprint density at radius 2 is 2.36 bits per heavy atom. The highest BCUT2D eigenvalue weighted by Crippen LogP contribution is 2.23. The molecule has 0 unspecified atom stereocenters. The highest BCUT2D eigenvalue weighted by molar-refractivity contribution is 14.1. The van der Waals surface area contributed by atoms with Crippen molar-refractivity contribution in [2.45, 2.75) is 0 Å². The first kappa shape index (κ1) is 7.30. The highest BCUT2D eigenvalue weighted by atomic mass is 127. The first-order valence-electron chi connectivity index (χ1n) is 2.93. The van der Waals surface area contributed by atoms with Crippen LogP contribution in [-0.2, 0) is 0 Å². The average Bonchev–Trinajstić information content (AvgIpc) is 2.34. The van der Waals surface area contributed by atoms with E-state index in [2.05, 4.69) is 37.8 Å². The van der Waals surface area contributed by atoms with Gasteiger partial charge < -0.3 is 0 Å². The molecular formula is C6H3ClIN3. The minimum atomic E-state index is 0.484. The predicted molar refractivity (Wildman–Crippen MR) is 51.6 cm³/mol. The maximum Gasteiger partial charge on any atom is 0.161 e.